The number of amides is 2. The molecule has 0 saturated carbocycles. The van der Waals surface area contributed by atoms with Crippen LogP contribution in [-0.4, -0.2) is 18.4 Å². The number of nitrogens with one attached hydrogen (secondary N) is 2. The highest BCUT2D eigenvalue weighted by Gasteiger charge is 2.15. The molecule has 6 N–H and O–H groups in total. The number of rotatable bonds is 20. The van der Waals surface area contributed by atoms with Crippen molar-refractivity contribution in [2.75, 3.05) is 28.7 Å². The lowest BCUT2D eigenvalue weighted by atomic mass is 10.0. The van der Waals surface area contributed by atoms with Crippen LogP contribution in [-0.2, 0) is 0 Å². The first kappa shape index (κ1) is 33.5. The number of nitrogen functional groups attached to an aromatic ring is 2. The Kier molecular flexibility index (Phi) is 15.0. The second-order valence-electron chi connectivity index (χ2n) is 11.3. The zero-order valence-electron chi connectivity index (χ0n) is 25.8. The van der Waals surface area contributed by atoms with Crippen LogP contribution in [0.1, 0.15) is 118 Å². The molecule has 0 radical (unpaired) electrons. The summed E-state index contributed by atoms with van der Waals surface area (Å²) in [5.41, 5.74) is 14.6. The minimum atomic E-state index is -0.340. The number of unbranched alkanes of at least 4 members (excludes halogenated alkanes) is 13. The first-order valence-corrected chi connectivity index (χ1v) is 16.1. The molecule has 0 heterocycles. The van der Waals surface area contributed by atoms with E-state index in [1.165, 1.54) is 77.0 Å². The highest BCUT2D eigenvalue weighted by molar-refractivity contribution is 6.09. The van der Waals surface area contributed by atoms with E-state index in [0.717, 1.165) is 12.8 Å². The summed E-state index contributed by atoms with van der Waals surface area (Å²) in [6.07, 6.45) is 18.1. The van der Waals surface area contributed by atoms with Crippen LogP contribution in [0.2, 0.25) is 0 Å². The molecule has 0 aromatic heterocycles. The second-order valence-corrected chi connectivity index (χ2v) is 11.3. The van der Waals surface area contributed by atoms with Gasteiger partial charge in [0, 0.05) is 33.9 Å². The molecule has 0 fully saturated rings. The van der Waals surface area contributed by atoms with Gasteiger partial charge in [0.1, 0.15) is 5.75 Å². The van der Waals surface area contributed by atoms with Crippen molar-refractivity contribution in [1.82, 2.24) is 0 Å². The Morgan fingerprint density at radius 1 is 0.558 bits per heavy atom. The smallest absolute Gasteiger partial charge is 0.255 e. The summed E-state index contributed by atoms with van der Waals surface area (Å²) >= 11 is 0. The average Bonchev–Trinajstić information content (AvgIpc) is 3.01. The summed E-state index contributed by atoms with van der Waals surface area (Å²) in [6.45, 7) is 2.79. The fourth-order valence-corrected chi connectivity index (χ4v) is 4.97. The number of nitrogens with two attached hydrogens (primary N) is 2. The molecule has 0 aliphatic carbocycles. The standard InChI is InChI=1S/C36H50N4O3/c1-2-3-4-5-6-7-8-9-10-11-12-13-14-15-24-43-34-26-28(35(41)39-32-20-16-30(37)17-21-32)25-29(27-34)36(42)40-33-22-18-31(38)19-23-33/h16-23,25-27H,2-15,24,37-38H2,1H3,(H,39,41)(H,40,42). The van der Waals surface area contributed by atoms with Crippen LogP contribution in [0.3, 0.4) is 0 Å². The van der Waals surface area contributed by atoms with Gasteiger partial charge in [-0.25, -0.2) is 0 Å². The van der Waals surface area contributed by atoms with Gasteiger partial charge in [-0.05, 0) is 73.2 Å². The van der Waals surface area contributed by atoms with Crippen molar-refractivity contribution in [3.8, 4) is 5.75 Å². The third-order valence-corrected chi connectivity index (χ3v) is 7.53. The largest absolute Gasteiger partial charge is 0.494 e. The molecule has 0 atom stereocenters. The number of ether oxygens (including phenoxy) is 1. The molecule has 0 bridgehead atoms. The first-order chi connectivity index (χ1) is 20.9. The Hall–Kier alpha value is -4.00. The molecule has 0 saturated heterocycles. The van der Waals surface area contributed by atoms with Gasteiger partial charge in [-0.2, -0.15) is 0 Å². The zero-order valence-corrected chi connectivity index (χ0v) is 25.8. The Bertz CT molecular complexity index is 1160. The molecule has 2 amide bonds. The van der Waals surface area contributed by atoms with Gasteiger partial charge in [0.25, 0.3) is 11.8 Å². The van der Waals surface area contributed by atoms with E-state index in [9.17, 15) is 9.59 Å². The quantitative estimate of drug-likeness (QED) is 0.0777. The van der Waals surface area contributed by atoms with E-state index in [1.54, 1.807) is 66.7 Å². The van der Waals surface area contributed by atoms with Crippen molar-refractivity contribution in [2.24, 2.45) is 0 Å². The lowest BCUT2D eigenvalue weighted by Gasteiger charge is -2.12. The molecule has 3 rings (SSSR count). The van der Waals surface area contributed by atoms with Crippen LogP contribution >= 0.6 is 0 Å². The third-order valence-electron chi connectivity index (χ3n) is 7.53. The Morgan fingerprint density at radius 3 is 1.33 bits per heavy atom. The summed E-state index contributed by atoms with van der Waals surface area (Å²) in [5, 5.41) is 5.72. The monoisotopic (exact) mass is 586 g/mol. The van der Waals surface area contributed by atoms with Crippen LogP contribution in [0.5, 0.6) is 5.75 Å². The number of carbonyl (C=O) groups is 2. The van der Waals surface area contributed by atoms with Gasteiger partial charge in [0.05, 0.1) is 6.61 Å². The van der Waals surface area contributed by atoms with Crippen molar-refractivity contribution < 1.29 is 14.3 Å². The van der Waals surface area contributed by atoms with Crippen molar-refractivity contribution in [3.63, 3.8) is 0 Å². The van der Waals surface area contributed by atoms with E-state index < -0.39 is 0 Å². The highest BCUT2D eigenvalue weighted by atomic mass is 16.5. The maximum Gasteiger partial charge on any atom is 0.255 e. The molecule has 0 aliphatic heterocycles. The van der Waals surface area contributed by atoms with Crippen molar-refractivity contribution >= 4 is 34.6 Å². The van der Waals surface area contributed by atoms with Crippen LogP contribution in [0, 0.1) is 0 Å². The van der Waals surface area contributed by atoms with E-state index in [4.69, 9.17) is 16.2 Å². The molecule has 43 heavy (non-hydrogen) atoms. The lowest BCUT2D eigenvalue weighted by Crippen LogP contribution is -2.16. The number of benzene rings is 3. The summed E-state index contributed by atoms with van der Waals surface area (Å²) in [7, 11) is 0. The van der Waals surface area contributed by atoms with E-state index in [0.29, 0.717) is 46.2 Å². The van der Waals surface area contributed by atoms with Crippen molar-refractivity contribution in [3.05, 3.63) is 77.9 Å². The van der Waals surface area contributed by atoms with E-state index in [2.05, 4.69) is 17.6 Å². The fourth-order valence-electron chi connectivity index (χ4n) is 4.97. The molecule has 7 heteroatoms. The molecule has 0 aliphatic rings. The predicted octanol–water partition coefficient (Wildman–Crippen LogP) is 9.22. The summed E-state index contributed by atoms with van der Waals surface area (Å²) in [4.78, 5) is 26.2. The molecule has 3 aromatic carbocycles. The lowest BCUT2D eigenvalue weighted by molar-refractivity contribution is 0.102. The second kappa shape index (κ2) is 19.2. The van der Waals surface area contributed by atoms with Crippen LogP contribution in [0.15, 0.2) is 66.7 Å². The Labute approximate surface area is 257 Å². The summed E-state index contributed by atoms with van der Waals surface area (Å²) in [6, 6.07) is 18.7. The molecule has 232 valence electrons. The fraction of sp³-hybridized carbons (Fsp3) is 0.444. The van der Waals surface area contributed by atoms with Gasteiger partial charge in [0.2, 0.25) is 0 Å². The predicted molar refractivity (Wildman–Crippen MR) is 180 cm³/mol. The van der Waals surface area contributed by atoms with Gasteiger partial charge in [-0.15, -0.1) is 0 Å². The number of hydrogen-bond donors (Lipinski definition) is 4. The molecule has 0 spiro atoms. The first-order valence-electron chi connectivity index (χ1n) is 16.1. The maximum atomic E-state index is 13.1. The average molecular weight is 587 g/mol. The molecular weight excluding hydrogens is 536 g/mol. The van der Waals surface area contributed by atoms with Crippen molar-refractivity contribution in [1.29, 1.82) is 0 Å². The molecule has 3 aromatic rings. The van der Waals surface area contributed by atoms with Gasteiger partial charge in [-0.3, -0.25) is 9.59 Å². The third kappa shape index (κ3) is 13.2. The van der Waals surface area contributed by atoms with Gasteiger partial charge >= 0.3 is 0 Å². The minimum Gasteiger partial charge on any atom is -0.494 e. The van der Waals surface area contributed by atoms with E-state index >= 15 is 0 Å². The number of anilines is 4. The minimum absolute atomic E-state index is 0.331. The van der Waals surface area contributed by atoms with Crippen molar-refractivity contribution in [2.45, 2.75) is 96.8 Å². The van der Waals surface area contributed by atoms with E-state index in [-0.39, 0.29) is 11.8 Å². The number of carbonyl (C=O) groups excluding carboxylic acids is 2. The zero-order chi connectivity index (χ0) is 30.7. The highest BCUT2D eigenvalue weighted by Crippen LogP contribution is 2.22. The van der Waals surface area contributed by atoms with Gasteiger partial charge in [0.15, 0.2) is 0 Å². The summed E-state index contributed by atoms with van der Waals surface area (Å²) in [5.74, 6) is -0.191. The number of hydrogen-bond acceptors (Lipinski definition) is 5. The topological polar surface area (TPSA) is 119 Å². The van der Waals surface area contributed by atoms with Gasteiger partial charge < -0.3 is 26.8 Å². The van der Waals surface area contributed by atoms with Crippen LogP contribution in [0.4, 0.5) is 22.7 Å². The normalized spacial score (nSPS) is 10.8. The van der Waals surface area contributed by atoms with Crippen LogP contribution in [0.25, 0.3) is 0 Å². The van der Waals surface area contributed by atoms with Crippen LogP contribution < -0.4 is 26.8 Å². The summed E-state index contributed by atoms with van der Waals surface area (Å²) < 4.78 is 6.03. The Balaban J connectivity index is 1.46. The SMILES string of the molecule is CCCCCCCCCCCCCCCCOc1cc(C(=O)Nc2ccc(N)cc2)cc(C(=O)Nc2ccc(N)cc2)c1. The molecular formula is C36H50N4O3. The molecule has 7 nitrogen and oxygen atoms in total. The van der Waals surface area contributed by atoms with Gasteiger partial charge in [-0.1, -0.05) is 90.4 Å². The Morgan fingerprint density at radius 2 is 0.930 bits per heavy atom. The van der Waals surface area contributed by atoms with E-state index in [1.807, 2.05) is 0 Å². The molecule has 0 unspecified atom stereocenters. The maximum absolute atomic E-state index is 13.1.